The average molecular weight is 441 g/mol. The number of aromatic nitrogens is 3. The second-order valence-corrected chi connectivity index (χ2v) is 7.61. The molecular formula is C23H18F3N3OS. The highest BCUT2D eigenvalue weighted by Gasteiger charge is 2.30. The number of hydrogen-bond acceptors (Lipinski definition) is 4. The SMILES string of the molecule is COc1ccccc1-c1nnc(SCc2cccc(C(F)(F)F)c2)n1-c1ccccc1. The Hall–Kier alpha value is -3.26. The Bertz CT molecular complexity index is 1180. The lowest BCUT2D eigenvalue weighted by molar-refractivity contribution is -0.137. The third-order valence-corrected chi connectivity index (χ3v) is 5.62. The predicted molar refractivity (Wildman–Crippen MR) is 114 cm³/mol. The lowest BCUT2D eigenvalue weighted by atomic mass is 10.1. The van der Waals surface area contributed by atoms with E-state index in [1.807, 2.05) is 59.2 Å². The first-order valence-electron chi connectivity index (χ1n) is 9.40. The fourth-order valence-electron chi connectivity index (χ4n) is 3.16. The fraction of sp³-hybridized carbons (Fsp3) is 0.130. The van der Waals surface area contributed by atoms with Crippen molar-refractivity contribution in [3.63, 3.8) is 0 Å². The van der Waals surface area contributed by atoms with E-state index in [2.05, 4.69) is 10.2 Å². The summed E-state index contributed by atoms with van der Waals surface area (Å²) in [7, 11) is 1.59. The molecule has 0 spiro atoms. The maximum atomic E-state index is 13.0. The molecule has 1 aromatic heterocycles. The van der Waals surface area contributed by atoms with Gasteiger partial charge in [-0.05, 0) is 35.9 Å². The minimum Gasteiger partial charge on any atom is -0.496 e. The highest BCUT2D eigenvalue weighted by Crippen LogP contribution is 2.35. The molecule has 0 saturated heterocycles. The predicted octanol–water partition coefficient (Wildman–Crippen LogP) is 6.25. The molecule has 0 N–H and O–H groups in total. The minimum absolute atomic E-state index is 0.320. The van der Waals surface area contributed by atoms with E-state index in [1.165, 1.54) is 17.8 Å². The van der Waals surface area contributed by atoms with Gasteiger partial charge in [0.15, 0.2) is 11.0 Å². The molecule has 3 aromatic carbocycles. The summed E-state index contributed by atoms with van der Waals surface area (Å²) in [5, 5.41) is 9.27. The number of benzene rings is 3. The van der Waals surface area contributed by atoms with E-state index in [0.29, 0.717) is 28.0 Å². The Morgan fingerprint density at radius 1 is 0.903 bits per heavy atom. The number of thioether (sulfide) groups is 1. The van der Waals surface area contributed by atoms with Gasteiger partial charge < -0.3 is 4.74 Å². The van der Waals surface area contributed by atoms with E-state index in [4.69, 9.17) is 4.74 Å². The molecule has 0 saturated carbocycles. The molecule has 8 heteroatoms. The second kappa shape index (κ2) is 8.85. The maximum Gasteiger partial charge on any atom is 0.416 e. The zero-order valence-electron chi connectivity index (χ0n) is 16.5. The number of ether oxygens (including phenoxy) is 1. The van der Waals surface area contributed by atoms with E-state index in [-0.39, 0.29) is 0 Å². The molecule has 0 aliphatic carbocycles. The largest absolute Gasteiger partial charge is 0.496 e. The number of rotatable bonds is 6. The molecule has 4 rings (SSSR count). The summed E-state index contributed by atoms with van der Waals surface area (Å²) in [5.74, 6) is 1.57. The number of alkyl halides is 3. The van der Waals surface area contributed by atoms with Crippen molar-refractivity contribution in [1.29, 1.82) is 0 Å². The first-order chi connectivity index (χ1) is 15.0. The summed E-state index contributed by atoms with van der Waals surface area (Å²) < 4.78 is 46.5. The van der Waals surface area contributed by atoms with Crippen LogP contribution in [0.4, 0.5) is 13.2 Å². The van der Waals surface area contributed by atoms with Crippen molar-refractivity contribution in [2.45, 2.75) is 17.1 Å². The molecule has 0 aliphatic heterocycles. The van der Waals surface area contributed by atoms with Gasteiger partial charge in [-0.2, -0.15) is 13.2 Å². The van der Waals surface area contributed by atoms with Gasteiger partial charge in [0.2, 0.25) is 0 Å². The third-order valence-electron chi connectivity index (χ3n) is 4.62. The monoisotopic (exact) mass is 441 g/mol. The maximum absolute atomic E-state index is 13.0. The van der Waals surface area contributed by atoms with E-state index >= 15 is 0 Å². The Morgan fingerprint density at radius 2 is 1.65 bits per heavy atom. The molecule has 4 aromatic rings. The molecule has 0 unspecified atom stereocenters. The molecule has 0 radical (unpaired) electrons. The molecule has 4 nitrogen and oxygen atoms in total. The van der Waals surface area contributed by atoms with Crippen LogP contribution < -0.4 is 4.74 Å². The zero-order valence-corrected chi connectivity index (χ0v) is 17.3. The summed E-state index contributed by atoms with van der Waals surface area (Å²) in [6, 6.07) is 22.4. The van der Waals surface area contributed by atoms with Crippen LogP contribution in [0.1, 0.15) is 11.1 Å². The van der Waals surface area contributed by atoms with Crippen LogP contribution in [-0.2, 0) is 11.9 Å². The van der Waals surface area contributed by atoms with Crippen LogP contribution in [0.3, 0.4) is 0 Å². The van der Waals surface area contributed by atoms with Crippen LogP contribution in [-0.4, -0.2) is 21.9 Å². The molecule has 0 aliphatic rings. The van der Waals surface area contributed by atoms with Crippen LogP contribution in [0.15, 0.2) is 84.0 Å². The quantitative estimate of drug-likeness (QED) is 0.332. The average Bonchev–Trinajstić information content (AvgIpc) is 3.21. The smallest absolute Gasteiger partial charge is 0.416 e. The highest BCUT2D eigenvalue weighted by molar-refractivity contribution is 7.98. The van der Waals surface area contributed by atoms with Gasteiger partial charge in [0.25, 0.3) is 0 Å². The van der Waals surface area contributed by atoms with Gasteiger partial charge in [0, 0.05) is 11.4 Å². The molecule has 1 heterocycles. The van der Waals surface area contributed by atoms with Crippen LogP contribution in [0.5, 0.6) is 5.75 Å². The first kappa shape index (κ1) is 21.0. The normalized spacial score (nSPS) is 11.5. The second-order valence-electron chi connectivity index (χ2n) is 6.66. The summed E-state index contributed by atoms with van der Waals surface area (Å²) in [4.78, 5) is 0. The number of halogens is 3. The van der Waals surface area contributed by atoms with Crippen molar-refractivity contribution in [3.8, 4) is 22.8 Å². The van der Waals surface area contributed by atoms with Crippen molar-refractivity contribution in [2.75, 3.05) is 7.11 Å². The molecule has 0 fully saturated rings. The van der Waals surface area contributed by atoms with Gasteiger partial charge in [-0.25, -0.2) is 0 Å². The van der Waals surface area contributed by atoms with Crippen LogP contribution >= 0.6 is 11.8 Å². The van der Waals surface area contributed by atoms with Crippen LogP contribution in [0.2, 0.25) is 0 Å². The molecule has 0 atom stereocenters. The molecule has 0 bridgehead atoms. The molecule has 0 amide bonds. The molecule has 158 valence electrons. The van der Waals surface area contributed by atoms with Crippen molar-refractivity contribution in [3.05, 3.63) is 90.0 Å². The Balaban J connectivity index is 1.72. The van der Waals surface area contributed by atoms with Crippen molar-refractivity contribution in [1.82, 2.24) is 14.8 Å². The van der Waals surface area contributed by atoms with Gasteiger partial charge in [-0.15, -0.1) is 10.2 Å². The van der Waals surface area contributed by atoms with Crippen molar-refractivity contribution >= 4 is 11.8 Å². The number of hydrogen-bond donors (Lipinski definition) is 0. The van der Waals surface area contributed by atoms with Crippen molar-refractivity contribution in [2.24, 2.45) is 0 Å². The van der Waals surface area contributed by atoms with Gasteiger partial charge in [0.05, 0.1) is 18.2 Å². The lowest BCUT2D eigenvalue weighted by Gasteiger charge is -2.12. The van der Waals surface area contributed by atoms with Gasteiger partial charge in [-0.1, -0.05) is 60.3 Å². The highest BCUT2D eigenvalue weighted by atomic mass is 32.2. The summed E-state index contributed by atoms with van der Waals surface area (Å²) in [6.07, 6.45) is -4.37. The number of methoxy groups -OCH3 is 1. The zero-order chi connectivity index (χ0) is 21.8. The third kappa shape index (κ3) is 4.59. The minimum atomic E-state index is -4.37. The van der Waals surface area contributed by atoms with E-state index < -0.39 is 11.7 Å². The van der Waals surface area contributed by atoms with Crippen LogP contribution in [0, 0.1) is 0 Å². The first-order valence-corrected chi connectivity index (χ1v) is 10.4. The lowest BCUT2D eigenvalue weighted by Crippen LogP contribution is -2.05. The Morgan fingerprint density at radius 3 is 2.39 bits per heavy atom. The topological polar surface area (TPSA) is 39.9 Å². The van der Waals surface area contributed by atoms with Crippen LogP contribution in [0.25, 0.3) is 17.1 Å². The fourth-order valence-corrected chi connectivity index (χ4v) is 4.06. The summed E-state index contributed by atoms with van der Waals surface area (Å²) >= 11 is 1.32. The summed E-state index contributed by atoms with van der Waals surface area (Å²) in [5.41, 5.74) is 1.51. The van der Waals surface area contributed by atoms with Crippen molar-refractivity contribution < 1.29 is 17.9 Å². The van der Waals surface area contributed by atoms with E-state index in [1.54, 1.807) is 13.2 Å². The van der Waals surface area contributed by atoms with E-state index in [9.17, 15) is 13.2 Å². The number of para-hydroxylation sites is 2. The molecular weight excluding hydrogens is 423 g/mol. The summed E-state index contributed by atoms with van der Waals surface area (Å²) in [6.45, 7) is 0. The number of nitrogens with zero attached hydrogens (tertiary/aromatic N) is 3. The Kier molecular flexibility index (Phi) is 5.99. The van der Waals surface area contributed by atoms with Gasteiger partial charge in [-0.3, -0.25) is 4.57 Å². The Labute approximate surface area is 181 Å². The van der Waals surface area contributed by atoms with Gasteiger partial charge in [0.1, 0.15) is 5.75 Å². The molecule has 31 heavy (non-hydrogen) atoms. The van der Waals surface area contributed by atoms with Gasteiger partial charge >= 0.3 is 6.18 Å². The van der Waals surface area contributed by atoms with E-state index in [0.717, 1.165) is 23.4 Å². The standard InChI is InChI=1S/C23H18F3N3OS/c1-30-20-13-6-5-12-19(20)21-27-28-22(29(21)18-10-3-2-4-11-18)31-15-16-8-7-9-17(14-16)23(24,25)26/h2-14H,15H2,1H3.